The second kappa shape index (κ2) is 13.1. The molecule has 6 unspecified atom stereocenters. The highest BCUT2D eigenvalue weighted by molar-refractivity contribution is 7.09. The molecule has 0 bridgehead atoms. The van der Waals surface area contributed by atoms with Crippen molar-refractivity contribution in [3.8, 4) is 0 Å². The van der Waals surface area contributed by atoms with Gasteiger partial charge in [0.2, 0.25) is 0 Å². The monoisotopic (exact) mass is 444 g/mol. The van der Waals surface area contributed by atoms with Crippen LogP contribution >= 0.6 is 9.47 Å². The van der Waals surface area contributed by atoms with Gasteiger partial charge in [0.05, 0.1) is 25.4 Å². The van der Waals surface area contributed by atoms with Gasteiger partial charge in [0.1, 0.15) is 0 Å². The average Bonchev–Trinajstić information content (AvgIpc) is 3.28. The largest absolute Gasteiger partial charge is 0.481 e. The van der Waals surface area contributed by atoms with Crippen molar-refractivity contribution in [1.29, 1.82) is 0 Å². The summed E-state index contributed by atoms with van der Waals surface area (Å²) in [5.74, 6) is -0.733. The maximum absolute atomic E-state index is 10.8. The summed E-state index contributed by atoms with van der Waals surface area (Å²) in [4.78, 5) is 10.8. The van der Waals surface area contributed by atoms with E-state index in [0.29, 0.717) is 19.6 Å². The number of aliphatic hydroxyl groups is 1. The molecule has 1 heterocycles. The van der Waals surface area contributed by atoms with Crippen molar-refractivity contribution in [1.82, 2.24) is 0 Å². The third-order valence-corrected chi connectivity index (χ3v) is 6.99. The fourth-order valence-electron chi connectivity index (χ4n) is 4.94. The summed E-state index contributed by atoms with van der Waals surface area (Å²) in [6.07, 6.45) is 12.3. The minimum atomic E-state index is -0.758. The van der Waals surface area contributed by atoms with Gasteiger partial charge >= 0.3 is 5.97 Å². The van der Waals surface area contributed by atoms with Crippen LogP contribution in [0.2, 0.25) is 0 Å². The average molecular weight is 445 g/mol. The highest BCUT2D eigenvalue weighted by Gasteiger charge is 2.44. The molecule has 0 radical (unpaired) electrons. The standard InChI is InChI=1S/C23H41O6P/c1-3-4-7-11-23(27-13-14-28-23)12-10-19-18(20(24)16-21(19)29-30)9-6-5-8-17(2)15-22(25)26/h5-6,17-21,24H,3-4,7-16,30H2,1-2H3,(H,25,26)/b6-5+. The van der Waals surface area contributed by atoms with Gasteiger partial charge in [-0.2, -0.15) is 0 Å². The van der Waals surface area contributed by atoms with Crippen molar-refractivity contribution in [2.24, 2.45) is 17.8 Å². The van der Waals surface area contributed by atoms with Gasteiger partial charge in [-0.05, 0) is 43.4 Å². The molecule has 0 aromatic carbocycles. The molecule has 2 N–H and O–H groups in total. The maximum atomic E-state index is 10.8. The van der Waals surface area contributed by atoms with E-state index in [1.54, 1.807) is 0 Å². The molecule has 6 atom stereocenters. The summed E-state index contributed by atoms with van der Waals surface area (Å²) >= 11 is 0. The van der Waals surface area contributed by atoms with Crippen molar-refractivity contribution in [3.63, 3.8) is 0 Å². The molecular formula is C23H41O6P. The second-order valence-electron chi connectivity index (χ2n) is 9.05. The summed E-state index contributed by atoms with van der Waals surface area (Å²) in [7, 11) is 2.37. The fraction of sp³-hybridized carbons (Fsp3) is 0.870. The highest BCUT2D eigenvalue weighted by Crippen LogP contribution is 2.43. The molecule has 1 aliphatic heterocycles. The first-order valence-corrected chi connectivity index (χ1v) is 12.1. The first-order valence-electron chi connectivity index (χ1n) is 11.6. The van der Waals surface area contributed by atoms with Crippen LogP contribution in [0.3, 0.4) is 0 Å². The van der Waals surface area contributed by atoms with E-state index in [1.165, 1.54) is 12.8 Å². The van der Waals surface area contributed by atoms with E-state index >= 15 is 0 Å². The van der Waals surface area contributed by atoms with E-state index in [2.05, 4.69) is 28.5 Å². The van der Waals surface area contributed by atoms with Gasteiger partial charge in [0, 0.05) is 35.2 Å². The van der Waals surface area contributed by atoms with Crippen LogP contribution in [0.15, 0.2) is 12.2 Å². The first-order chi connectivity index (χ1) is 14.4. The summed E-state index contributed by atoms with van der Waals surface area (Å²) in [5.41, 5.74) is 0. The molecule has 1 saturated heterocycles. The van der Waals surface area contributed by atoms with E-state index in [1.807, 2.05) is 6.92 Å². The Labute approximate surface area is 184 Å². The van der Waals surface area contributed by atoms with Gasteiger partial charge in [-0.3, -0.25) is 4.79 Å². The first kappa shape index (κ1) is 25.7. The van der Waals surface area contributed by atoms with Crippen LogP contribution in [0.4, 0.5) is 0 Å². The number of ether oxygens (including phenoxy) is 2. The maximum Gasteiger partial charge on any atom is 0.303 e. The van der Waals surface area contributed by atoms with Crippen molar-refractivity contribution < 1.29 is 29.0 Å². The number of aliphatic carboxylic acids is 1. The third kappa shape index (κ3) is 7.87. The number of carbonyl (C=O) groups is 1. The summed E-state index contributed by atoms with van der Waals surface area (Å²) in [6.45, 7) is 5.46. The molecular weight excluding hydrogens is 403 g/mol. The van der Waals surface area contributed by atoms with Crippen LogP contribution in [-0.2, 0) is 18.8 Å². The predicted octanol–water partition coefficient (Wildman–Crippen LogP) is 4.71. The summed E-state index contributed by atoms with van der Waals surface area (Å²) in [6, 6.07) is 0. The number of allylic oxidation sites excluding steroid dienone is 2. The molecule has 0 aromatic rings. The van der Waals surface area contributed by atoms with E-state index in [-0.39, 0.29) is 36.4 Å². The molecule has 174 valence electrons. The lowest BCUT2D eigenvalue weighted by molar-refractivity contribution is -0.171. The third-order valence-electron chi connectivity index (χ3n) is 6.64. The molecule has 0 aromatic heterocycles. The van der Waals surface area contributed by atoms with Gasteiger partial charge in [-0.15, -0.1) is 0 Å². The van der Waals surface area contributed by atoms with Crippen LogP contribution in [0, 0.1) is 17.8 Å². The smallest absolute Gasteiger partial charge is 0.303 e. The summed E-state index contributed by atoms with van der Waals surface area (Å²) in [5, 5.41) is 19.5. The van der Waals surface area contributed by atoms with Crippen molar-refractivity contribution >= 4 is 15.4 Å². The van der Waals surface area contributed by atoms with Crippen molar-refractivity contribution in [2.45, 2.75) is 96.1 Å². The van der Waals surface area contributed by atoms with Crippen LogP contribution in [-0.4, -0.2) is 47.4 Å². The lowest BCUT2D eigenvalue weighted by Gasteiger charge is -2.31. The number of rotatable bonds is 14. The Bertz CT molecular complexity index is 534. The lowest BCUT2D eigenvalue weighted by atomic mass is 9.85. The molecule has 2 fully saturated rings. The van der Waals surface area contributed by atoms with Gasteiger partial charge in [-0.1, -0.05) is 38.8 Å². The quantitative estimate of drug-likeness (QED) is 0.229. The Morgan fingerprint density at radius 2 is 1.97 bits per heavy atom. The molecule has 1 saturated carbocycles. The number of aliphatic hydroxyl groups excluding tert-OH is 1. The normalized spacial score (nSPS) is 29.6. The summed E-state index contributed by atoms with van der Waals surface area (Å²) < 4.78 is 17.7. The van der Waals surface area contributed by atoms with Crippen LogP contribution < -0.4 is 0 Å². The van der Waals surface area contributed by atoms with Gasteiger partial charge in [0.15, 0.2) is 5.79 Å². The molecule has 0 amide bonds. The number of unbranched alkanes of at least 4 members (excludes halogenated alkanes) is 2. The van der Waals surface area contributed by atoms with E-state index in [4.69, 9.17) is 19.1 Å². The highest BCUT2D eigenvalue weighted by atomic mass is 31.0. The van der Waals surface area contributed by atoms with Crippen LogP contribution in [0.1, 0.15) is 78.1 Å². The van der Waals surface area contributed by atoms with E-state index in [9.17, 15) is 9.90 Å². The van der Waals surface area contributed by atoms with Gasteiger partial charge < -0.3 is 24.2 Å². The minimum absolute atomic E-state index is 0.0171. The molecule has 7 heteroatoms. The van der Waals surface area contributed by atoms with Crippen molar-refractivity contribution in [3.05, 3.63) is 12.2 Å². The Hall–Kier alpha value is -0.520. The van der Waals surface area contributed by atoms with Gasteiger partial charge in [-0.25, -0.2) is 0 Å². The van der Waals surface area contributed by atoms with Gasteiger partial charge in [0.25, 0.3) is 0 Å². The Morgan fingerprint density at radius 1 is 1.23 bits per heavy atom. The van der Waals surface area contributed by atoms with E-state index < -0.39 is 11.8 Å². The topological polar surface area (TPSA) is 85.2 Å². The fourth-order valence-corrected chi connectivity index (χ4v) is 5.25. The predicted molar refractivity (Wildman–Crippen MR) is 120 cm³/mol. The van der Waals surface area contributed by atoms with Crippen molar-refractivity contribution in [2.75, 3.05) is 13.2 Å². The SMILES string of the molecule is CCCCCC1(CCC2C(OP)CC(O)C2C/C=C/CC(C)CC(=O)O)OCCO1. The molecule has 2 rings (SSSR count). The molecule has 30 heavy (non-hydrogen) atoms. The zero-order valence-corrected chi connectivity index (χ0v) is 19.8. The second-order valence-corrected chi connectivity index (χ2v) is 9.33. The number of carboxylic acid groups (broad SMARTS) is 1. The number of hydrogen-bond acceptors (Lipinski definition) is 5. The van der Waals surface area contributed by atoms with E-state index in [0.717, 1.165) is 38.5 Å². The van der Waals surface area contributed by atoms with Crippen LogP contribution in [0.25, 0.3) is 0 Å². The minimum Gasteiger partial charge on any atom is -0.481 e. The Balaban J connectivity index is 1.92. The van der Waals surface area contributed by atoms with Crippen LogP contribution in [0.5, 0.6) is 0 Å². The Kier molecular flexibility index (Phi) is 11.3. The lowest BCUT2D eigenvalue weighted by Crippen LogP contribution is -2.33. The molecule has 1 aliphatic carbocycles. The number of hydrogen-bond donors (Lipinski definition) is 2. The number of carboxylic acids is 1. The zero-order valence-electron chi connectivity index (χ0n) is 18.6. The zero-order chi connectivity index (χ0) is 22.0. The molecule has 2 aliphatic rings. The Morgan fingerprint density at radius 3 is 2.60 bits per heavy atom. The molecule has 6 nitrogen and oxygen atoms in total. The molecule has 0 spiro atoms.